The van der Waals surface area contributed by atoms with Crippen LogP contribution in [0.1, 0.15) is 22.8 Å². The number of carbonyl (C=O) groups excluding carboxylic acids is 2. The van der Waals surface area contributed by atoms with Crippen molar-refractivity contribution in [3.8, 4) is 11.5 Å². The number of nitrogens with zero attached hydrogens (tertiary/aromatic N) is 2. The highest BCUT2D eigenvalue weighted by Gasteiger charge is 2.39. The molecule has 178 valence electrons. The Labute approximate surface area is 207 Å². The van der Waals surface area contributed by atoms with Gasteiger partial charge < -0.3 is 25.3 Å². The normalized spacial score (nSPS) is 17.1. The number of nitrogens with one attached hydrogen (secondary N) is 3. The van der Waals surface area contributed by atoms with Crippen LogP contribution in [0, 0.1) is 0 Å². The fraction of sp³-hybridized carbons (Fsp3) is 0.192. The van der Waals surface area contributed by atoms with Gasteiger partial charge in [0.05, 0.1) is 33.5 Å². The van der Waals surface area contributed by atoms with Gasteiger partial charge in [0, 0.05) is 24.4 Å². The molecule has 0 aliphatic carbocycles. The number of aromatic nitrogens is 2. The molecule has 1 amide bonds. The van der Waals surface area contributed by atoms with E-state index in [-0.39, 0.29) is 16.7 Å². The van der Waals surface area contributed by atoms with Crippen LogP contribution < -0.4 is 15.4 Å². The average molecular weight is 490 g/mol. The van der Waals surface area contributed by atoms with E-state index in [1.165, 1.54) is 0 Å². The number of ether oxygens (including phenoxy) is 1. The number of rotatable bonds is 6. The van der Waals surface area contributed by atoms with Gasteiger partial charge >= 0.3 is 0 Å². The van der Waals surface area contributed by atoms with Crippen LogP contribution in [0.25, 0.3) is 11.0 Å². The SMILES string of the molecule is CN(C)CC1(C)Nc2c(cnc3[nH]cc(C(=O)c4ccc(Oc5ccccc5)cc4Cl)c23)NC1=O. The summed E-state index contributed by atoms with van der Waals surface area (Å²) in [5.74, 6) is 0.765. The van der Waals surface area contributed by atoms with E-state index in [4.69, 9.17) is 16.3 Å². The number of halogens is 1. The highest BCUT2D eigenvalue weighted by Crippen LogP contribution is 2.39. The van der Waals surface area contributed by atoms with Gasteiger partial charge in [-0.2, -0.15) is 0 Å². The Kier molecular flexibility index (Phi) is 5.70. The average Bonchev–Trinajstić information content (AvgIpc) is 3.25. The lowest BCUT2D eigenvalue weighted by Gasteiger charge is -2.37. The second-order valence-electron chi connectivity index (χ2n) is 9.01. The first-order chi connectivity index (χ1) is 16.7. The molecule has 0 bridgehead atoms. The summed E-state index contributed by atoms with van der Waals surface area (Å²) in [5.41, 5.74) is 1.54. The molecular weight excluding hydrogens is 466 g/mol. The van der Waals surface area contributed by atoms with Gasteiger partial charge in [0.1, 0.15) is 22.7 Å². The number of likely N-dealkylation sites (N-methyl/N-ethyl adjacent to an activating group) is 1. The molecule has 8 nitrogen and oxygen atoms in total. The van der Waals surface area contributed by atoms with E-state index in [2.05, 4.69) is 20.6 Å². The third-order valence-corrected chi connectivity index (χ3v) is 6.21. The molecule has 0 saturated heterocycles. The minimum Gasteiger partial charge on any atom is -0.457 e. The Balaban J connectivity index is 1.52. The van der Waals surface area contributed by atoms with Crippen molar-refractivity contribution in [3.63, 3.8) is 0 Å². The smallest absolute Gasteiger partial charge is 0.251 e. The van der Waals surface area contributed by atoms with Crippen LogP contribution >= 0.6 is 11.6 Å². The van der Waals surface area contributed by atoms with E-state index < -0.39 is 5.54 Å². The third-order valence-electron chi connectivity index (χ3n) is 5.89. The summed E-state index contributed by atoms with van der Waals surface area (Å²) in [6.07, 6.45) is 3.19. The van der Waals surface area contributed by atoms with E-state index >= 15 is 0 Å². The van der Waals surface area contributed by atoms with Crippen LogP contribution in [-0.4, -0.2) is 52.7 Å². The first-order valence-electron chi connectivity index (χ1n) is 11.1. The van der Waals surface area contributed by atoms with E-state index in [0.717, 1.165) is 0 Å². The zero-order chi connectivity index (χ0) is 24.7. The van der Waals surface area contributed by atoms with Crippen molar-refractivity contribution in [2.75, 3.05) is 31.3 Å². The number of aromatic amines is 1. The highest BCUT2D eigenvalue weighted by molar-refractivity contribution is 6.36. The predicted molar refractivity (Wildman–Crippen MR) is 137 cm³/mol. The van der Waals surface area contributed by atoms with Gasteiger partial charge in [-0.3, -0.25) is 9.59 Å². The largest absolute Gasteiger partial charge is 0.457 e. The molecule has 2 aromatic heterocycles. The second-order valence-corrected chi connectivity index (χ2v) is 9.41. The molecule has 3 N–H and O–H groups in total. The lowest BCUT2D eigenvalue weighted by Crippen LogP contribution is -2.56. The van der Waals surface area contributed by atoms with Crippen LogP contribution in [0.15, 0.2) is 60.9 Å². The van der Waals surface area contributed by atoms with Gasteiger partial charge in [0.2, 0.25) is 0 Å². The van der Waals surface area contributed by atoms with Crippen molar-refractivity contribution in [2.45, 2.75) is 12.5 Å². The summed E-state index contributed by atoms with van der Waals surface area (Å²) in [6, 6.07) is 14.3. The minimum atomic E-state index is -0.892. The monoisotopic (exact) mass is 489 g/mol. The summed E-state index contributed by atoms with van der Waals surface area (Å²) >= 11 is 6.52. The number of pyridine rings is 1. The van der Waals surface area contributed by atoms with E-state index in [0.29, 0.717) is 51.6 Å². The predicted octanol–water partition coefficient (Wildman–Crippen LogP) is 4.92. The highest BCUT2D eigenvalue weighted by atomic mass is 35.5. The summed E-state index contributed by atoms with van der Waals surface area (Å²) in [5, 5.41) is 7.16. The Morgan fingerprint density at radius 3 is 2.60 bits per heavy atom. The summed E-state index contributed by atoms with van der Waals surface area (Å²) < 4.78 is 5.83. The number of ketones is 1. The van der Waals surface area contributed by atoms with Gasteiger partial charge in [-0.15, -0.1) is 0 Å². The maximum Gasteiger partial charge on any atom is 0.251 e. The Morgan fingerprint density at radius 1 is 1.11 bits per heavy atom. The van der Waals surface area contributed by atoms with Gasteiger partial charge in [0.15, 0.2) is 5.78 Å². The van der Waals surface area contributed by atoms with Crippen molar-refractivity contribution in [1.82, 2.24) is 14.9 Å². The molecule has 0 fully saturated rings. The summed E-state index contributed by atoms with van der Waals surface area (Å²) in [6.45, 7) is 2.29. The number of carbonyl (C=O) groups is 2. The lowest BCUT2D eigenvalue weighted by molar-refractivity contribution is -0.120. The van der Waals surface area contributed by atoms with Crippen LogP contribution in [0.3, 0.4) is 0 Å². The molecule has 0 saturated carbocycles. The number of amides is 1. The van der Waals surface area contributed by atoms with Crippen molar-refractivity contribution < 1.29 is 14.3 Å². The molecule has 1 aliphatic heterocycles. The van der Waals surface area contributed by atoms with Crippen molar-refractivity contribution >= 4 is 45.7 Å². The Morgan fingerprint density at radius 2 is 1.89 bits per heavy atom. The number of hydrogen-bond acceptors (Lipinski definition) is 6. The standard InChI is InChI=1S/C26H24ClN5O3/c1-26(14-32(2)3)25(34)30-20-13-29-24-21(22(20)31-26)18(12-28-24)23(33)17-10-9-16(11-19(17)27)35-15-7-5-4-6-8-15/h4-13,31H,14H2,1-3H3,(H,28,29)(H,30,34). The van der Waals surface area contributed by atoms with E-state index in [1.54, 1.807) is 30.6 Å². The number of fused-ring (bicyclic) bond motifs is 3. The van der Waals surface area contributed by atoms with Gasteiger partial charge in [0.25, 0.3) is 5.91 Å². The molecule has 1 unspecified atom stereocenters. The molecule has 1 atom stereocenters. The topological polar surface area (TPSA) is 99.3 Å². The number of para-hydroxylation sites is 1. The van der Waals surface area contributed by atoms with E-state index in [1.807, 2.05) is 56.3 Å². The zero-order valence-corrected chi connectivity index (χ0v) is 20.2. The van der Waals surface area contributed by atoms with Gasteiger partial charge in [-0.05, 0) is 45.3 Å². The second kappa shape index (κ2) is 8.72. The number of anilines is 2. The first-order valence-corrected chi connectivity index (χ1v) is 11.4. The molecule has 0 radical (unpaired) electrons. The number of H-pyrrole nitrogens is 1. The van der Waals surface area contributed by atoms with Crippen molar-refractivity contribution in [3.05, 3.63) is 77.1 Å². The zero-order valence-electron chi connectivity index (χ0n) is 19.5. The van der Waals surface area contributed by atoms with Crippen LogP contribution in [0.4, 0.5) is 11.4 Å². The quantitative estimate of drug-likeness (QED) is 0.332. The van der Waals surface area contributed by atoms with Gasteiger partial charge in [-0.1, -0.05) is 29.8 Å². The molecule has 9 heteroatoms. The molecule has 0 spiro atoms. The minimum absolute atomic E-state index is 0.166. The molecule has 4 aromatic rings. The molecule has 35 heavy (non-hydrogen) atoms. The maximum absolute atomic E-state index is 13.6. The Bertz CT molecular complexity index is 1450. The summed E-state index contributed by atoms with van der Waals surface area (Å²) in [4.78, 5) is 35.8. The maximum atomic E-state index is 13.6. The fourth-order valence-electron chi connectivity index (χ4n) is 4.35. The number of benzene rings is 2. The molecule has 3 heterocycles. The lowest BCUT2D eigenvalue weighted by atomic mass is 9.95. The molecule has 2 aromatic carbocycles. The Hall–Kier alpha value is -3.88. The number of hydrogen-bond donors (Lipinski definition) is 3. The summed E-state index contributed by atoms with van der Waals surface area (Å²) in [7, 11) is 3.80. The van der Waals surface area contributed by atoms with Gasteiger partial charge in [-0.25, -0.2) is 4.98 Å². The molecule has 1 aliphatic rings. The van der Waals surface area contributed by atoms with Crippen LogP contribution in [-0.2, 0) is 4.79 Å². The van der Waals surface area contributed by atoms with Crippen molar-refractivity contribution in [1.29, 1.82) is 0 Å². The molecule has 5 rings (SSSR count). The molecular formula is C26H24ClN5O3. The van der Waals surface area contributed by atoms with Crippen molar-refractivity contribution in [2.24, 2.45) is 0 Å². The fourth-order valence-corrected chi connectivity index (χ4v) is 4.61. The van der Waals surface area contributed by atoms with E-state index in [9.17, 15) is 9.59 Å². The third kappa shape index (κ3) is 4.22. The van der Waals surface area contributed by atoms with Crippen LogP contribution in [0.5, 0.6) is 11.5 Å². The first kappa shape index (κ1) is 22.9. The van der Waals surface area contributed by atoms with Crippen LogP contribution in [0.2, 0.25) is 5.02 Å².